The van der Waals surface area contributed by atoms with Gasteiger partial charge in [-0.1, -0.05) is 30.7 Å². The van der Waals surface area contributed by atoms with Gasteiger partial charge in [0.15, 0.2) is 27.5 Å². The Kier molecular flexibility index (Phi) is 9.58. The molecule has 1 saturated carbocycles. The molecule has 13 nitrogen and oxygen atoms in total. The average molecular weight is 666 g/mol. The fourth-order valence-corrected chi connectivity index (χ4v) is 7.94. The Labute approximate surface area is 276 Å². The first kappa shape index (κ1) is 32.3. The number of hydrogen-bond donors (Lipinski definition) is 3. The fourth-order valence-electron chi connectivity index (χ4n) is 6.85. The smallest absolute Gasteiger partial charge is 0.273 e. The van der Waals surface area contributed by atoms with E-state index in [4.69, 9.17) is 22.6 Å². The van der Waals surface area contributed by atoms with Gasteiger partial charge >= 0.3 is 0 Å². The number of piperazine rings is 1. The molecule has 46 heavy (non-hydrogen) atoms. The first-order valence-corrected chi connectivity index (χ1v) is 17.2. The Balaban J connectivity index is 1.02. The minimum Gasteiger partial charge on any atom is -0.382 e. The van der Waals surface area contributed by atoms with E-state index in [1.807, 2.05) is 12.1 Å². The number of imidazole rings is 1. The Morgan fingerprint density at radius 3 is 2.57 bits per heavy atom. The molecular formula is C31H40ClN11O2S. The zero-order chi connectivity index (χ0) is 32.4. The molecule has 15 heteroatoms. The maximum atomic E-state index is 12.8. The highest BCUT2D eigenvalue weighted by Gasteiger charge is 2.59. The molecule has 1 aromatic carbocycles. The lowest BCUT2D eigenvalue weighted by Gasteiger charge is -2.49. The van der Waals surface area contributed by atoms with Crippen molar-refractivity contribution in [2.75, 3.05) is 56.4 Å². The Morgan fingerprint density at radius 2 is 1.91 bits per heavy atom. The molecule has 3 fully saturated rings. The molecule has 0 bridgehead atoms. The quantitative estimate of drug-likeness (QED) is 0.273. The van der Waals surface area contributed by atoms with E-state index in [-0.39, 0.29) is 35.3 Å². The van der Waals surface area contributed by atoms with Crippen LogP contribution < -0.4 is 20.7 Å². The number of nitrogen functional groups attached to an aromatic ring is 1. The standard InChI is InChI=1S/C31H40ClN11O2S/c1-21-15-31(21)19-42(13-14-43(31)24-7-11-41(12-8-24)17-23-5-3-22(16-33)4-6-23)29-27(32)38-26(28(34)39-29)30(44)35-9-10-37-46(45)25-18-40(2)20-36-25/h3-6,18,20-21,24,37H,7-15,17,19H2,1-2H3,(H2,34,39)(H,35,44). The van der Waals surface area contributed by atoms with Gasteiger partial charge in [0.05, 0.1) is 18.0 Å². The van der Waals surface area contributed by atoms with Crippen molar-refractivity contribution in [1.29, 1.82) is 5.26 Å². The first-order chi connectivity index (χ1) is 22.2. The molecule has 2 aromatic heterocycles. The second-order valence-electron chi connectivity index (χ2n) is 12.5. The van der Waals surface area contributed by atoms with Gasteiger partial charge in [-0.25, -0.2) is 23.9 Å². The van der Waals surface area contributed by atoms with Crippen LogP contribution in [0.4, 0.5) is 11.6 Å². The van der Waals surface area contributed by atoms with Crippen molar-refractivity contribution in [2.45, 2.75) is 49.3 Å². The maximum Gasteiger partial charge on any atom is 0.273 e. The molecule has 244 valence electrons. The van der Waals surface area contributed by atoms with Gasteiger partial charge in [-0.05, 0) is 56.0 Å². The van der Waals surface area contributed by atoms with Gasteiger partial charge in [0.1, 0.15) is 11.0 Å². The normalized spacial score (nSPS) is 22.9. The summed E-state index contributed by atoms with van der Waals surface area (Å²) >= 11 is 6.64. The van der Waals surface area contributed by atoms with Gasteiger partial charge < -0.3 is 20.5 Å². The third kappa shape index (κ3) is 6.89. The Bertz CT molecular complexity index is 1640. The highest BCUT2D eigenvalue weighted by atomic mass is 35.5. The summed E-state index contributed by atoms with van der Waals surface area (Å²) in [5.41, 5.74) is 8.22. The van der Waals surface area contributed by atoms with Crippen LogP contribution in [-0.4, -0.2) is 96.8 Å². The van der Waals surface area contributed by atoms with Gasteiger partial charge in [-0.2, -0.15) is 5.26 Å². The van der Waals surface area contributed by atoms with Crippen LogP contribution in [0.25, 0.3) is 0 Å². The number of aryl methyl sites for hydroxylation is 1. The summed E-state index contributed by atoms with van der Waals surface area (Å²) in [4.78, 5) is 33.2. The van der Waals surface area contributed by atoms with Crippen LogP contribution in [-0.2, 0) is 24.6 Å². The lowest BCUT2D eigenvalue weighted by Crippen LogP contribution is -2.61. The number of piperidine rings is 1. The van der Waals surface area contributed by atoms with E-state index >= 15 is 0 Å². The molecule has 4 N–H and O–H groups in total. The van der Waals surface area contributed by atoms with E-state index in [2.05, 4.69) is 64.8 Å². The number of aromatic nitrogens is 4. The number of hydrogen-bond acceptors (Lipinski definition) is 10. The summed E-state index contributed by atoms with van der Waals surface area (Å²) in [6.07, 6.45) is 6.60. The predicted octanol–water partition coefficient (Wildman–Crippen LogP) is 1.92. The van der Waals surface area contributed by atoms with Crippen molar-refractivity contribution >= 4 is 40.1 Å². The Morgan fingerprint density at radius 1 is 1.17 bits per heavy atom. The molecule has 6 rings (SSSR count). The number of carbonyl (C=O) groups is 1. The van der Waals surface area contributed by atoms with Gasteiger partial charge in [-0.3, -0.25) is 14.6 Å². The van der Waals surface area contributed by atoms with Crippen molar-refractivity contribution in [3.8, 4) is 6.07 Å². The minimum absolute atomic E-state index is 0.0249. The number of nitriles is 1. The monoisotopic (exact) mass is 665 g/mol. The number of likely N-dealkylation sites (tertiary alicyclic amines) is 1. The van der Waals surface area contributed by atoms with Crippen molar-refractivity contribution < 1.29 is 9.00 Å². The van der Waals surface area contributed by atoms with Crippen LogP contribution in [0.3, 0.4) is 0 Å². The lowest BCUT2D eigenvalue weighted by atomic mass is 9.96. The summed E-state index contributed by atoms with van der Waals surface area (Å²) in [5.74, 6) is 0.601. The molecule has 1 spiro atoms. The molecule has 3 aliphatic rings. The van der Waals surface area contributed by atoms with E-state index in [1.165, 1.54) is 5.56 Å². The van der Waals surface area contributed by atoms with Crippen LogP contribution in [0.1, 0.15) is 47.8 Å². The molecule has 0 radical (unpaired) electrons. The zero-order valence-electron chi connectivity index (χ0n) is 26.2. The van der Waals surface area contributed by atoms with E-state index in [9.17, 15) is 9.00 Å². The van der Waals surface area contributed by atoms with E-state index in [0.29, 0.717) is 28.4 Å². The molecule has 1 aliphatic carbocycles. The zero-order valence-corrected chi connectivity index (χ0v) is 27.7. The fraction of sp³-hybridized carbons (Fsp3) is 0.516. The third-order valence-corrected chi connectivity index (χ3v) is 10.8. The molecule has 2 aliphatic heterocycles. The number of halogens is 1. The molecule has 4 heterocycles. The first-order valence-electron chi connectivity index (χ1n) is 15.6. The summed E-state index contributed by atoms with van der Waals surface area (Å²) in [5, 5.41) is 12.4. The van der Waals surface area contributed by atoms with Gasteiger partial charge in [0, 0.05) is 64.1 Å². The molecule has 3 unspecified atom stereocenters. The molecular weight excluding hydrogens is 626 g/mol. The lowest BCUT2D eigenvalue weighted by molar-refractivity contribution is 0.0452. The number of anilines is 2. The van der Waals surface area contributed by atoms with E-state index in [1.54, 1.807) is 24.1 Å². The van der Waals surface area contributed by atoms with Crippen molar-refractivity contribution in [3.63, 3.8) is 0 Å². The topological polar surface area (TPSA) is 161 Å². The number of rotatable bonds is 10. The highest BCUT2D eigenvalue weighted by Crippen LogP contribution is 2.52. The molecule has 1 amide bonds. The van der Waals surface area contributed by atoms with E-state index < -0.39 is 16.9 Å². The minimum atomic E-state index is -1.48. The SMILES string of the molecule is CC1CC12CN(c1nc(N)c(C(=O)NCCNS(=O)c3cn(C)cn3)nc1Cl)CCN2C1CCN(Cc2ccc(C#N)cc2)CC1. The Hall–Kier alpha value is -3.61. The van der Waals surface area contributed by atoms with E-state index in [0.717, 1.165) is 58.5 Å². The number of amides is 1. The number of nitrogens with two attached hydrogens (primary N) is 1. The van der Waals surface area contributed by atoms with Crippen LogP contribution in [0.15, 0.2) is 41.8 Å². The van der Waals surface area contributed by atoms with Gasteiger partial charge in [0.2, 0.25) is 0 Å². The van der Waals surface area contributed by atoms with Crippen LogP contribution in [0.2, 0.25) is 5.15 Å². The van der Waals surface area contributed by atoms with Crippen LogP contribution in [0, 0.1) is 17.2 Å². The average Bonchev–Trinajstić information content (AvgIpc) is 3.45. The summed E-state index contributed by atoms with van der Waals surface area (Å²) in [6, 6.07) is 10.6. The third-order valence-electron chi connectivity index (χ3n) is 9.44. The second kappa shape index (κ2) is 13.6. The maximum absolute atomic E-state index is 12.8. The second-order valence-corrected chi connectivity index (χ2v) is 14.1. The summed E-state index contributed by atoms with van der Waals surface area (Å²) < 4.78 is 16.8. The van der Waals surface area contributed by atoms with Crippen molar-refractivity contribution in [3.05, 3.63) is 58.8 Å². The summed E-state index contributed by atoms with van der Waals surface area (Å²) in [7, 11) is 0.318. The number of benzene rings is 1. The largest absolute Gasteiger partial charge is 0.382 e. The van der Waals surface area contributed by atoms with Gasteiger partial charge in [0.25, 0.3) is 5.91 Å². The van der Waals surface area contributed by atoms with Gasteiger partial charge in [-0.15, -0.1) is 0 Å². The molecule has 2 saturated heterocycles. The predicted molar refractivity (Wildman–Crippen MR) is 176 cm³/mol. The van der Waals surface area contributed by atoms with Crippen molar-refractivity contribution in [1.82, 2.24) is 39.4 Å². The number of nitrogens with zero attached hydrogens (tertiary/aromatic N) is 8. The highest BCUT2D eigenvalue weighted by molar-refractivity contribution is 7.83. The molecule has 3 atom stereocenters. The van der Waals surface area contributed by atoms with Crippen LogP contribution >= 0.6 is 11.6 Å². The number of nitrogens with one attached hydrogen (secondary N) is 2. The molecule has 3 aromatic rings. The van der Waals surface area contributed by atoms with Crippen molar-refractivity contribution in [2.24, 2.45) is 13.0 Å². The van der Waals surface area contributed by atoms with Crippen LogP contribution in [0.5, 0.6) is 0 Å². The summed E-state index contributed by atoms with van der Waals surface area (Å²) in [6.45, 7) is 8.21. The number of carbonyl (C=O) groups excluding carboxylic acids is 1.